The molecule has 98 valence electrons. The van der Waals surface area contributed by atoms with E-state index in [9.17, 15) is 4.79 Å². The molecule has 3 nitrogen and oxygen atoms in total. The fraction of sp³-hybridized carbons (Fsp3) is 0. The molecule has 0 bridgehead atoms. The predicted octanol–water partition coefficient (Wildman–Crippen LogP) is 4.39. The van der Waals surface area contributed by atoms with Gasteiger partial charge in [-0.25, -0.2) is 0 Å². The normalized spacial score (nSPS) is 12.7. The maximum Gasteiger partial charge on any atom is 0.264 e. The zero-order valence-corrected chi connectivity index (χ0v) is 11.8. The van der Waals surface area contributed by atoms with Gasteiger partial charge >= 0.3 is 0 Å². The molecule has 1 aromatic heterocycles. The second-order valence-corrected chi connectivity index (χ2v) is 6.06. The van der Waals surface area contributed by atoms with Crippen LogP contribution in [-0.4, -0.2) is 4.98 Å². The number of fused-ring (bicyclic) bond motifs is 4. The molecule has 2 heterocycles. The summed E-state index contributed by atoms with van der Waals surface area (Å²) in [6.07, 6.45) is 0. The van der Waals surface area contributed by atoms with Crippen LogP contribution in [0.3, 0.4) is 0 Å². The van der Waals surface area contributed by atoms with Crippen molar-refractivity contribution >= 4 is 45.6 Å². The minimum absolute atomic E-state index is 0.0816. The molecule has 2 N–H and O–H groups in total. The van der Waals surface area contributed by atoms with Gasteiger partial charge in [-0.05, 0) is 30.3 Å². The Balaban J connectivity index is 2.05. The molecular weight excluding hydrogens is 292 g/mol. The molecular formula is C15H9ClN2OS. The standard InChI is InChI=1S/C15H9ClN2OS/c16-8-5-6-10-9(7-8)13-14(15(19)18-10)20-12-4-2-1-3-11(12)17-13/h1-7,17H,(H,18,19). The van der Waals surface area contributed by atoms with Gasteiger partial charge in [0.1, 0.15) is 4.90 Å². The van der Waals surface area contributed by atoms with Crippen LogP contribution in [-0.2, 0) is 0 Å². The van der Waals surface area contributed by atoms with E-state index < -0.39 is 0 Å². The first-order chi connectivity index (χ1) is 9.72. The number of halogens is 1. The minimum atomic E-state index is -0.0816. The number of H-pyrrole nitrogens is 1. The van der Waals surface area contributed by atoms with Gasteiger partial charge in [0.05, 0.1) is 16.9 Å². The predicted molar refractivity (Wildman–Crippen MR) is 83.4 cm³/mol. The molecule has 20 heavy (non-hydrogen) atoms. The quantitative estimate of drug-likeness (QED) is 0.506. The third kappa shape index (κ3) is 1.72. The molecule has 0 unspecified atom stereocenters. The lowest BCUT2D eigenvalue weighted by atomic mass is 10.1. The van der Waals surface area contributed by atoms with Gasteiger partial charge in [-0.1, -0.05) is 35.5 Å². The SMILES string of the molecule is O=c1[nH]c2ccc(Cl)cc2c2c1Sc1ccccc1N2. The molecule has 2 aromatic carbocycles. The van der Waals surface area contributed by atoms with Crippen LogP contribution < -0.4 is 10.9 Å². The van der Waals surface area contributed by atoms with Crippen molar-refractivity contribution in [3.63, 3.8) is 0 Å². The van der Waals surface area contributed by atoms with E-state index in [1.807, 2.05) is 36.4 Å². The molecule has 1 aliphatic rings. The van der Waals surface area contributed by atoms with Gasteiger partial charge in [0.2, 0.25) is 0 Å². The number of para-hydroxylation sites is 1. The molecule has 0 saturated heterocycles. The highest BCUT2D eigenvalue weighted by Gasteiger charge is 2.20. The molecule has 0 radical (unpaired) electrons. The Kier molecular flexibility index (Phi) is 2.55. The first kappa shape index (κ1) is 11.9. The molecule has 3 aromatic rings. The summed E-state index contributed by atoms with van der Waals surface area (Å²) < 4.78 is 0. The van der Waals surface area contributed by atoms with Gasteiger partial charge in [-0.3, -0.25) is 4.79 Å². The highest BCUT2D eigenvalue weighted by molar-refractivity contribution is 7.99. The summed E-state index contributed by atoms with van der Waals surface area (Å²) in [6.45, 7) is 0. The van der Waals surface area contributed by atoms with E-state index in [1.54, 1.807) is 6.07 Å². The van der Waals surface area contributed by atoms with Crippen molar-refractivity contribution in [2.45, 2.75) is 9.79 Å². The molecule has 0 atom stereocenters. The van der Waals surface area contributed by atoms with Gasteiger partial charge in [0, 0.05) is 15.3 Å². The number of benzene rings is 2. The third-order valence-electron chi connectivity index (χ3n) is 3.29. The van der Waals surface area contributed by atoms with Crippen LogP contribution in [0.2, 0.25) is 5.02 Å². The molecule has 0 amide bonds. The Hall–Kier alpha value is -1.91. The van der Waals surface area contributed by atoms with E-state index in [0.29, 0.717) is 9.92 Å². The fourth-order valence-electron chi connectivity index (χ4n) is 2.37. The van der Waals surface area contributed by atoms with E-state index in [0.717, 1.165) is 27.2 Å². The Bertz CT molecular complexity index is 904. The number of hydrogen-bond acceptors (Lipinski definition) is 3. The summed E-state index contributed by atoms with van der Waals surface area (Å²) in [6, 6.07) is 13.4. The Morgan fingerprint density at radius 3 is 2.85 bits per heavy atom. The van der Waals surface area contributed by atoms with Crippen molar-refractivity contribution in [2.75, 3.05) is 5.32 Å². The topological polar surface area (TPSA) is 44.9 Å². The molecule has 0 saturated carbocycles. The average molecular weight is 301 g/mol. The summed E-state index contributed by atoms with van der Waals surface area (Å²) in [4.78, 5) is 16.9. The summed E-state index contributed by atoms with van der Waals surface area (Å²) in [5.74, 6) is 0. The van der Waals surface area contributed by atoms with Crippen molar-refractivity contribution in [1.82, 2.24) is 4.98 Å². The van der Waals surface area contributed by atoms with Crippen molar-refractivity contribution in [1.29, 1.82) is 0 Å². The summed E-state index contributed by atoms with van der Waals surface area (Å²) >= 11 is 7.56. The Morgan fingerprint density at radius 1 is 1.10 bits per heavy atom. The molecule has 0 fully saturated rings. The van der Waals surface area contributed by atoms with Gasteiger partial charge in [-0.2, -0.15) is 0 Å². The van der Waals surface area contributed by atoms with Crippen molar-refractivity contribution in [3.8, 4) is 0 Å². The number of aromatic amines is 1. The van der Waals surface area contributed by atoms with Crippen LogP contribution in [0.5, 0.6) is 0 Å². The van der Waals surface area contributed by atoms with Crippen molar-refractivity contribution in [3.05, 3.63) is 57.8 Å². The van der Waals surface area contributed by atoms with E-state index >= 15 is 0 Å². The average Bonchev–Trinajstić information content (AvgIpc) is 2.47. The summed E-state index contributed by atoms with van der Waals surface area (Å²) in [5.41, 5.74) is 2.54. The van der Waals surface area contributed by atoms with Crippen LogP contribution in [0.1, 0.15) is 0 Å². The summed E-state index contributed by atoms with van der Waals surface area (Å²) in [5, 5.41) is 4.93. The molecule has 0 aliphatic carbocycles. The van der Waals surface area contributed by atoms with Crippen LogP contribution >= 0.6 is 23.4 Å². The van der Waals surface area contributed by atoms with Gasteiger partial charge in [0.15, 0.2) is 0 Å². The smallest absolute Gasteiger partial charge is 0.264 e. The van der Waals surface area contributed by atoms with E-state index in [-0.39, 0.29) is 5.56 Å². The van der Waals surface area contributed by atoms with Gasteiger partial charge in [-0.15, -0.1) is 0 Å². The van der Waals surface area contributed by atoms with Crippen LogP contribution in [0, 0.1) is 0 Å². The number of hydrogen-bond donors (Lipinski definition) is 2. The zero-order valence-electron chi connectivity index (χ0n) is 10.2. The highest BCUT2D eigenvalue weighted by atomic mass is 35.5. The second-order valence-electron chi connectivity index (χ2n) is 4.57. The first-order valence-electron chi connectivity index (χ1n) is 6.12. The Labute approximate surface area is 124 Å². The maximum atomic E-state index is 12.2. The number of anilines is 2. The summed E-state index contributed by atoms with van der Waals surface area (Å²) in [7, 11) is 0. The van der Waals surface area contributed by atoms with Crippen molar-refractivity contribution < 1.29 is 0 Å². The molecule has 1 aliphatic heterocycles. The second kappa shape index (κ2) is 4.30. The van der Waals surface area contributed by atoms with Crippen LogP contribution in [0.4, 0.5) is 11.4 Å². The monoisotopic (exact) mass is 300 g/mol. The number of aromatic nitrogens is 1. The number of pyridine rings is 1. The minimum Gasteiger partial charge on any atom is -0.353 e. The number of rotatable bonds is 0. The van der Waals surface area contributed by atoms with Crippen LogP contribution in [0.25, 0.3) is 10.9 Å². The van der Waals surface area contributed by atoms with Crippen LogP contribution in [0.15, 0.2) is 57.1 Å². The maximum absolute atomic E-state index is 12.2. The van der Waals surface area contributed by atoms with Crippen molar-refractivity contribution in [2.24, 2.45) is 0 Å². The third-order valence-corrected chi connectivity index (χ3v) is 4.70. The lowest BCUT2D eigenvalue weighted by Gasteiger charge is -2.21. The molecule has 4 rings (SSSR count). The Morgan fingerprint density at radius 2 is 1.95 bits per heavy atom. The first-order valence-corrected chi connectivity index (χ1v) is 7.31. The largest absolute Gasteiger partial charge is 0.353 e. The fourth-order valence-corrected chi connectivity index (χ4v) is 3.55. The molecule has 5 heteroatoms. The van der Waals surface area contributed by atoms with E-state index in [4.69, 9.17) is 11.6 Å². The highest BCUT2D eigenvalue weighted by Crippen LogP contribution is 2.44. The van der Waals surface area contributed by atoms with E-state index in [1.165, 1.54) is 11.8 Å². The number of nitrogens with one attached hydrogen (secondary N) is 2. The lowest BCUT2D eigenvalue weighted by molar-refractivity contribution is 1.18. The molecule has 0 spiro atoms. The van der Waals surface area contributed by atoms with Gasteiger partial charge in [0.25, 0.3) is 5.56 Å². The lowest BCUT2D eigenvalue weighted by Crippen LogP contribution is -2.14. The zero-order chi connectivity index (χ0) is 13.7. The van der Waals surface area contributed by atoms with E-state index in [2.05, 4.69) is 10.3 Å². The van der Waals surface area contributed by atoms with Gasteiger partial charge < -0.3 is 10.3 Å².